The van der Waals surface area contributed by atoms with Crippen LogP contribution in [0.1, 0.15) is 28.8 Å². The summed E-state index contributed by atoms with van der Waals surface area (Å²) in [5.74, 6) is -3.03. The first-order valence-electron chi connectivity index (χ1n) is 11.9. The zero-order valence-corrected chi connectivity index (χ0v) is 21.4. The Kier molecular flexibility index (Phi) is 7.73. The van der Waals surface area contributed by atoms with Gasteiger partial charge in [0.25, 0.3) is 15.7 Å². The highest BCUT2D eigenvalue weighted by atomic mass is 32.2. The largest absolute Gasteiger partial charge is 0.501 e. The summed E-state index contributed by atoms with van der Waals surface area (Å²) in [6, 6.07) is 7.99. The molecule has 4 rings (SSSR count). The van der Waals surface area contributed by atoms with Crippen molar-refractivity contribution >= 4 is 33.3 Å². The van der Waals surface area contributed by atoms with Crippen LogP contribution in [0.15, 0.2) is 59.5 Å². The summed E-state index contributed by atoms with van der Waals surface area (Å²) in [5, 5.41) is 14.3. The molecule has 0 radical (unpaired) electrons. The zero-order chi connectivity index (χ0) is 28.5. The number of amides is 2. The number of nitrogens with one attached hydrogen (secondary N) is 2. The number of aryl methyl sites for hydroxylation is 1. The van der Waals surface area contributed by atoms with Gasteiger partial charge in [-0.2, -0.15) is 13.2 Å². The minimum Gasteiger partial charge on any atom is -0.496 e. The van der Waals surface area contributed by atoms with Gasteiger partial charge in [-0.15, -0.1) is 0 Å². The lowest BCUT2D eigenvalue weighted by Gasteiger charge is -2.28. The molecule has 0 saturated heterocycles. The quantitative estimate of drug-likeness (QED) is 0.395. The molecule has 13 heteroatoms. The molecule has 2 aliphatic carbocycles. The van der Waals surface area contributed by atoms with Crippen molar-refractivity contribution in [3.05, 3.63) is 65.7 Å². The average Bonchev–Trinajstić information content (AvgIpc) is 3.48. The van der Waals surface area contributed by atoms with E-state index in [-0.39, 0.29) is 41.7 Å². The molecular formula is C26H25F3N2O7S. The van der Waals surface area contributed by atoms with E-state index in [1.54, 1.807) is 12.1 Å². The maximum absolute atomic E-state index is 13.3. The number of aliphatic carboxylic acids is 1. The van der Waals surface area contributed by atoms with Gasteiger partial charge in [0.2, 0.25) is 5.91 Å². The van der Waals surface area contributed by atoms with Gasteiger partial charge < -0.3 is 20.5 Å². The van der Waals surface area contributed by atoms with Crippen molar-refractivity contribution in [2.75, 3.05) is 12.4 Å². The number of halogens is 3. The fraction of sp³-hybridized carbons (Fsp3) is 0.346. The minimum absolute atomic E-state index is 0.127. The molecule has 3 N–H and O–H groups in total. The van der Waals surface area contributed by atoms with Crippen LogP contribution in [0.3, 0.4) is 0 Å². The molecule has 9 nitrogen and oxygen atoms in total. The number of rotatable bonds is 9. The van der Waals surface area contributed by atoms with Crippen LogP contribution in [0.25, 0.3) is 0 Å². The number of allylic oxidation sites excluding steroid dienone is 1. The van der Waals surface area contributed by atoms with E-state index in [0.717, 1.165) is 18.2 Å². The van der Waals surface area contributed by atoms with Crippen molar-refractivity contribution in [1.82, 2.24) is 5.32 Å². The van der Waals surface area contributed by atoms with E-state index in [1.807, 2.05) is 12.2 Å². The Bertz CT molecular complexity index is 1440. The molecule has 2 bridgehead atoms. The third-order valence-electron chi connectivity index (χ3n) is 6.91. The molecule has 1 saturated carbocycles. The number of carboxylic acids is 1. The Morgan fingerprint density at radius 2 is 1.79 bits per heavy atom. The van der Waals surface area contributed by atoms with Gasteiger partial charge in [0.1, 0.15) is 5.75 Å². The van der Waals surface area contributed by atoms with E-state index in [4.69, 9.17) is 9.84 Å². The van der Waals surface area contributed by atoms with Gasteiger partial charge in [-0.1, -0.05) is 24.3 Å². The van der Waals surface area contributed by atoms with Crippen LogP contribution in [0.4, 0.5) is 18.9 Å². The van der Waals surface area contributed by atoms with Crippen molar-refractivity contribution < 1.29 is 45.8 Å². The molecule has 208 valence electrons. The van der Waals surface area contributed by atoms with Crippen LogP contribution in [0.5, 0.6) is 5.75 Å². The van der Waals surface area contributed by atoms with Crippen molar-refractivity contribution in [2.45, 2.75) is 35.7 Å². The van der Waals surface area contributed by atoms with Crippen LogP contribution in [0, 0.1) is 17.8 Å². The Hall–Kier alpha value is -3.87. The van der Waals surface area contributed by atoms with Crippen LogP contribution < -0.4 is 15.4 Å². The first kappa shape index (κ1) is 28.1. The Morgan fingerprint density at radius 1 is 1.08 bits per heavy atom. The van der Waals surface area contributed by atoms with Crippen molar-refractivity contribution in [3.8, 4) is 5.75 Å². The Morgan fingerprint density at radius 3 is 2.46 bits per heavy atom. The summed E-state index contributed by atoms with van der Waals surface area (Å²) in [6.45, 7) is 0. The van der Waals surface area contributed by atoms with Gasteiger partial charge in [-0.25, -0.2) is 8.42 Å². The molecule has 1 fully saturated rings. The normalized spacial score (nSPS) is 21.9. The molecule has 4 atom stereocenters. The molecule has 2 amide bonds. The average molecular weight is 567 g/mol. The fourth-order valence-corrected chi connectivity index (χ4v) is 5.85. The van der Waals surface area contributed by atoms with Gasteiger partial charge in [0, 0.05) is 18.2 Å². The van der Waals surface area contributed by atoms with Gasteiger partial charge in [-0.3, -0.25) is 14.4 Å². The number of benzene rings is 2. The molecule has 2 aliphatic rings. The minimum atomic E-state index is -5.60. The number of hydrogen-bond donors (Lipinski definition) is 3. The molecule has 2 aromatic rings. The Labute approximate surface area is 222 Å². The van der Waals surface area contributed by atoms with E-state index in [0.29, 0.717) is 12.0 Å². The molecule has 4 unspecified atom stereocenters. The lowest BCUT2D eigenvalue weighted by molar-refractivity contribution is -0.137. The predicted octanol–water partition coefficient (Wildman–Crippen LogP) is 3.57. The predicted molar refractivity (Wildman–Crippen MR) is 133 cm³/mol. The molecule has 39 heavy (non-hydrogen) atoms. The highest BCUT2D eigenvalue weighted by Crippen LogP contribution is 2.44. The van der Waals surface area contributed by atoms with E-state index in [1.165, 1.54) is 19.2 Å². The number of sulfone groups is 1. The van der Waals surface area contributed by atoms with Crippen LogP contribution in [-0.2, 0) is 25.8 Å². The number of carbonyl (C=O) groups is 3. The number of hydrogen-bond acceptors (Lipinski definition) is 6. The number of carbonyl (C=O) groups excluding carboxylic acids is 2. The lowest BCUT2D eigenvalue weighted by atomic mass is 9.87. The number of fused-ring (bicyclic) bond motifs is 2. The number of carboxylic acid groups (broad SMARTS) is 1. The summed E-state index contributed by atoms with van der Waals surface area (Å²) in [5.41, 5.74) is -4.85. The summed E-state index contributed by atoms with van der Waals surface area (Å²) < 4.78 is 67.8. The second-order valence-electron chi connectivity index (χ2n) is 9.37. The second-order valence-corrected chi connectivity index (χ2v) is 11.3. The summed E-state index contributed by atoms with van der Waals surface area (Å²) in [4.78, 5) is 36.5. The van der Waals surface area contributed by atoms with E-state index < -0.39 is 50.0 Å². The number of alkyl halides is 3. The first-order chi connectivity index (χ1) is 18.3. The van der Waals surface area contributed by atoms with Crippen molar-refractivity contribution in [1.29, 1.82) is 0 Å². The zero-order valence-electron chi connectivity index (χ0n) is 20.6. The SMILES string of the molecule is COc1ccc(CCC(=O)O)cc1C(=O)NC1C2C=CC(C2)C1C(=O)Nc1cccc(S(=O)(=O)C(F)(F)F)c1. The topological polar surface area (TPSA) is 139 Å². The van der Waals surface area contributed by atoms with Gasteiger partial charge >= 0.3 is 11.5 Å². The smallest absolute Gasteiger partial charge is 0.496 e. The van der Waals surface area contributed by atoms with Crippen molar-refractivity contribution in [2.24, 2.45) is 17.8 Å². The Balaban J connectivity index is 1.54. The van der Waals surface area contributed by atoms with E-state index >= 15 is 0 Å². The molecule has 0 aromatic heterocycles. The standard InChI is InChI=1S/C26H25F3N2O7S/c1-38-20-9-5-14(6-10-21(32)33)11-19(20)24(34)31-23-16-8-7-15(12-16)22(23)25(35)30-17-3-2-4-18(13-17)39(36,37)26(27,28)29/h2-5,7-9,11,13,15-16,22-23H,6,10,12H2,1H3,(H,30,35)(H,31,34)(H,32,33). The van der Waals surface area contributed by atoms with Crippen LogP contribution in [0.2, 0.25) is 0 Å². The maximum atomic E-state index is 13.3. The molecular weight excluding hydrogens is 541 g/mol. The van der Waals surface area contributed by atoms with Gasteiger partial charge in [0.05, 0.1) is 23.5 Å². The molecule has 0 aliphatic heterocycles. The van der Waals surface area contributed by atoms with Crippen LogP contribution in [-0.4, -0.2) is 50.0 Å². The lowest BCUT2D eigenvalue weighted by Crippen LogP contribution is -2.47. The number of ether oxygens (including phenoxy) is 1. The van der Waals surface area contributed by atoms with E-state index in [2.05, 4.69) is 10.6 Å². The second kappa shape index (κ2) is 10.7. The molecule has 0 spiro atoms. The van der Waals surface area contributed by atoms with Crippen LogP contribution >= 0.6 is 0 Å². The highest BCUT2D eigenvalue weighted by Gasteiger charge is 2.49. The fourth-order valence-electron chi connectivity index (χ4n) is 5.05. The van der Waals surface area contributed by atoms with E-state index in [9.17, 15) is 36.0 Å². The van der Waals surface area contributed by atoms with Gasteiger partial charge in [-0.05, 0) is 60.6 Å². The third-order valence-corrected chi connectivity index (χ3v) is 8.40. The molecule has 2 aromatic carbocycles. The first-order valence-corrected chi connectivity index (χ1v) is 13.4. The van der Waals surface area contributed by atoms with Gasteiger partial charge in [0.15, 0.2) is 0 Å². The summed E-state index contributed by atoms with van der Waals surface area (Å²) in [7, 11) is -4.22. The third kappa shape index (κ3) is 5.77. The monoisotopic (exact) mass is 566 g/mol. The van der Waals surface area contributed by atoms with Crippen molar-refractivity contribution in [3.63, 3.8) is 0 Å². The highest BCUT2D eigenvalue weighted by molar-refractivity contribution is 7.92. The maximum Gasteiger partial charge on any atom is 0.501 e. The summed E-state index contributed by atoms with van der Waals surface area (Å²) in [6.07, 6.45) is 4.37. The number of anilines is 1. The molecule has 0 heterocycles. The summed E-state index contributed by atoms with van der Waals surface area (Å²) >= 11 is 0. The number of methoxy groups -OCH3 is 1.